The highest BCUT2D eigenvalue weighted by Gasteiger charge is 2.08. The van der Waals surface area contributed by atoms with Crippen molar-refractivity contribution in [1.29, 1.82) is 0 Å². The number of carbonyl (C=O) groups excluding carboxylic acids is 1. The lowest BCUT2D eigenvalue weighted by atomic mass is 10.1. The van der Waals surface area contributed by atoms with E-state index in [1.165, 1.54) is 7.11 Å². The Morgan fingerprint density at radius 2 is 2.12 bits per heavy atom. The van der Waals surface area contributed by atoms with Crippen molar-refractivity contribution in [2.45, 2.75) is 19.3 Å². The van der Waals surface area contributed by atoms with E-state index in [9.17, 15) is 4.79 Å². The topological polar surface area (TPSA) is 35.5 Å². The van der Waals surface area contributed by atoms with E-state index in [-0.39, 0.29) is 5.97 Å². The van der Waals surface area contributed by atoms with E-state index in [0.717, 1.165) is 22.9 Å². The normalized spacial score (nSPS) is 10.1. The van der Waals surface area contributed by atoms with Crippen molar-refractivity contribution in [3.8, 4) is 5.75 Å². The van der Waals surface area contributed by atoms with Crippen LogP contribution in [0.4, 0.5) is 0 Å². The molecule has 0 fully saturated rings. The third-order valence-corrected chi connectivity index (χ3v) is 3.21. The molecule has 0 amide bonds. The Morgan fingerprint density at radius 3 is 2.65 bits per heavy atom. The molecule has 0 atom stereocenters. The molecule has 0 aliphatic rings. The first-order valence-electron chi connectivity index (χ1n) is 5.17. The van der Waals surface area contributed by atoms with Gasteiger partial charge in [-0.2, -0.15) is 0 Å². The summed E-state index contributed by atoms with van der Waals surface area (Å²) in [6.45, 7) is 0. The summed E-state index contributed by atoms with van der Waals surface area (Å²) in [4.78, 5) is 11.0. The molecule has 0 aromatic heterocycles. The highest BCUT2D eigenvalue weighted by atomic mass is 79.9. The molecular formula is C12H14BrClO3. The molecule has 94 valence electrons. The van der Waals surface area contributed by atoms with Crippen LogP contribution in [0.2, 0.25) is 5.02 Å². The number of hydrogen-bond acceptors (Lipinski definition) is 3. The maximum Gasteiger partial charge on any atom is 0.305 e. The molecule has 0 aliphatic carbocycles. The number of methoxy groups -OCH3 is 2. The Kier molecular flexibility index (Phi) is 5.78. The van der Waals surface area contributed by atoms with E-state index in [4.69, 9.17) is 16.3 Å². The first-order chi connectivity index (χ1) is 8.08. The molecule has 1 rings (SSSR count). The number of hydrogen-bond donors (Lipinski definition) is 0. The third-order valence-electron chi connectivity index (χ3n) is 2.34. The van der Waals surface area contributed by atoms with Crippen molar-refractivity contribution in [3.63, 3.8) is 0 Å². The molecule has 1 aromatic carbocycles. The van der Waals surface area contributed by atoms with Gasteiger partial charge in [-0.05, 0) is 46.5 Å². The zero-order chi connectivity index (χ0) is 12.8. The lowest BCUT2D eigenvalue weighted by Crippen LogP contribution is -2.00. The second-order valence-electron chi connectivity index (χ2n) is 3.52. The first kappa shape index (κ1) is 14.3. The van der Waals surface area contributed by atoms with E-state index < -0.39 is 0 Å². The lowest BCUT2D eigenvalue weighted by molar-refractivity contribution is -0.140. The molecule has 0 unspecified atom stereocenters. The first-order valence-corrected chi connectivity index (χ1v) is 6.34. The van der Waals surface area contributed by atoms with E-state index in [2.05, 4.69) is 20.7 Å². The summed E-state index contributed by atoms with van der Waals surface area (Å²) in [5, 5.41) is 0.565. The summed E-state index contributed by atoms with van der Waals surface area (Å²) in [7, 11) is 2.96. The quantitative estimate of drug-likeness (QED) is 0.777. The van der Waals surface area contributed by atoms with Gasteiger partial charge in [0.05, 0.1) is 23.7 Å². The minimum atomic E-state index is -0.191. The second kappa shape index (κ2) is 6.87. The number of benzene rings is 1. The monoisotopic (exact) mass is 320 g/mol. The molecule has 5 heteroatoms. The van der Waals surface area contributed by atoms with Gasteiger partial charge in [-0.15, -0.1) is 0 Å². The van der Waals surface area contributed by atoms with Gasteiger partial charge < -0.3 is 9.47 Å². The summed E-state index contributed by atoms with van der Waals surface area (Å²) < 4.78 is 10.5. The van der Waals surface area contributed by atoms with Crippen molar-refractivity contribution < 1.29 is 14.3 Å². The molecule has 0 spiro atoms. The van der Waals surface area contributed by atoms with Gasteiger partial charge in [0.2, 0.25) is 0 Å². The van der Waals surface area contributed by atoms with Gasteiger partial charge >= 0.3 is 5.97 Å². The van der Waals surface area contributed by atoms with Crippen LogP contribution >= 0.6 is 27.5 Å². The van der Waals surface area contributed by atoms with Gasteiger partial charge in [0.1, 0.15) is 0 Å². The fourth-order valence-electron chi connectivity index (χ4n) is 1.49. The molecule has 0 N–H and O–H groups in total. The van der Waals surface area contributed by atoms with Crippen molar-refractivity contribution in [2.24, 2.45) is 0 Å². The van der Waals surface area contributed by atoms with Crippen molar-refractivity contribution in [2.75, 3.05) is 14.2 Å². The molecule has 0 saturated heterocycles. The molecular weight excluding hydrogens is 307 g/mol. The zero-order valence-corrected chi connectivity index (χ0v) is 12.1. The molecule has 0 saturated carbocycles. The largest absolute Gasteiger partial charge is 0.494 e. The van der Waals surface area contributed by atoms with E-state index in [1.807, 2.05) is 12.1 Å². The molecule has 0 aliphatic heterocycles. The summed E-state index contributed by atoms with van der Waals surface area (Å²) in [6, 6.07) is 3.80. The van der Waals surface area contributed by atoms with Gasteiger partial charge in [0, 0.05) is 6.42 Å². The molecule has 0 bridgehead atoms. The van der Waals surface area contributed by atoms with E-state index >= 15 is 0 Å². The third kappa shape index (κ3) is 4.21. The van der Waals surface area contributed by atoms with Crippen LogP contribution in [0.15, 0.2) is 16.6 Å². The minimum Gasteiger partial charge on any atom is -0.494 e. The Hall–Kier alpha value is -0.740. The van der Waals surface area contributed by atoms with Crippen LogP contribution in [-0.4, -0.2) is 20.2 Å². The van der Waals surface area contributed by atoms with Gasteiger partial charge in [-0.3, -0.25) is 4.79 Å². The molecule has 1 aromatic rings. The highest BCUT2D eigenvalue weighted by molar-refractivity contribution is 9.10. The second-order valence-corrected chi connectivity index (χ2v) is 4.78. The summed E-state index contributed by atoms with van der Waals surface area (Å²) in [6.07, 6.45) is 1.93. The van der Waals surface area contributed by atoms with Crippen molar-refractivity contribution >= 4 is 33.5 Å². The highest BCUT2D eigenvalue weighted by Crippen LogP contribution is 2.34. The van der Waals surface area contributed by atoms with Gasteiger partial charge in [-0.25, -0.2) is 0 Å². The van der Waals surface area contributed by atoms with Crippen LogP contribution in [-0.2, 0) is 16.0 Å². The average Bonchev–Trinajstić information content (AvgIpc) is 2.28. The fraction of sp³-hybridized carbons (Fsp3) is 0.417. The summed E-state index contributed by atoms with van der Waals surface area (Å²) in [5.41, 5.74) is 1.06. The average molecular weight is 322 g/mol. The minimum absolute atomic E-state index is 0.191. The number of aryl methyl sites for hydroxylation is 1. The van der Waals surface area contributed by atoms with Crippen LogP contribution in [0.5, 0.6) is 5.75 Å². The Bertz CT molecular complexity index is 384. The fourth-order valence-corrected chi connectivity index (χ4v) is 2.59. The number of ether oxygens (including phenoxy) is 2. The Balaban J connectivity index is 2.64. The number of esters is 1. The standard InChI is InChI=1S/C12H14BrClO3/c1-16-11(15)5-3-4-8-6-9(13)12(17-2)10(14)7-8/h6-7H,3-5H2,1-2H3. The maximum atomic E-state index is 11.0. The number of carbonyl (C=O) groups is 1. The van der Waals surface area contributed by atoms with Gasteiger partial charge in [-0.1, -0.05) is 11.6 Å². The Morgan fingerprint density at radius 1 is 1.41 bits per heavy atom. The Labute approximate surface area is 114 Å². The summed E-state index contributed by atoms with van der Waals surface area (Å²) in [5.74, 6) is 0.437. The van der Waals surface area contributed by atoms with Gasteiger partial charge in [0.25, 0.3) is 0 Å². The van der Waals surface area contributed by atoms with Gasteiger partial charge in [0.15, 0.2) is 5.75 Å². The van der Waals surface area contributed by atoms with Crippen LogP contribution in [0.25, 0.3) is 0 Å². The van der Waals surface area contributed by atoms with Crippen LogP contribution < -0.4 is 4.74 Å². The zero-order valence-electron chi connectivity index (χ0n) is 9.76. The van der Waals surface area contributed by atoms with Crippen molar-refractivity contribution in [3.05, 3.63) is 27.2 Å². The van der Waals surface area contributed by atoms with E-state index in [0.29, 0.717) is 17.2 Å². The SMILES string of the molecule is COC(=O)CCCc1cc(Cl)c(OC)c(Br)c1. The van der Waals surface area contributed by atoms with Crippen LogP contribution in [0, 0.1) is 0 Å². The summed E-state index contributed by atoms with van der Waals surface area (Å²) >= 11 is 9.45. The predicted octanol–water partition coefficient (Wildman–Crippen LogP) is 3.61. The molecule has 0 radical (unpaired) electrons. The lowest BCUT2D eigenvalue weighted by Gasteiger charge is -2.08. The van der Waals surface area contributed by atoms with Crippen molar-refractivity contribution in [1.82, 2.24) is 0 Å². The molecule has 3 nitrogen and oxygen atoms in total. The number of rotatable bonds is 5. The van der Waals surface area contributed by atoms with Crippen LogP contribution in [0.3, 0.4) is 0 Å². The van der Waals surface area contributed by atoms with Crippen LogP contribution in [0.1, 0.15) is 18.4 Å². The predicted molar refractivity (Wildman–Crippen MR) is 70.7 cm³/mol. The molecule has 0 heterocycles. The maximum absolute atomic E-state index is 11.0. The van der Waals surface area contributed by atoms with E-state index in [1.54, 1.807) is 7.11 Å². The molecule has 17 heavy (non-hydrogen) atoms. The number of halogens is 2. The smallest absolute Gasteiger partial charge is 0.305 e.